The smallest absolute Gasteiger partial charge is 0.200 e. The predicted octanol–water partition coefficient (Wildman–Crippen LogP) is 2.55. The molecule has 0 saturated carbocycles. The summed E-state index contributed by atoms with van der Waals surface area (Å²) in [6.07, 6.45) is 2.97. The van der Waals surface area contributed by atoms with Gasteiger partial charge in [0.1, 0.15) is 5.82 Å². The summed E-state index contributed by atoms with van der Waals surface area (Å²) in [6.45, 7) is 0. The first-order valence-corrected chi connectivity index (χ1v) is 5.36. The number of halogens is 2. The Morgan fingerprint density at radius 3 is 2.81 bits per heavy atom. The first kappa shape index (κ1) is 11.0. The van der Waals surface area contributed by atoms with E-state index in [1.165, 1.54) is 16.9 Å². The van der Waals surface area contributed by atoms with E-state index < -0.39 is 5.82 Å². The second-order valence-corrected chi connectivity index (χ2v) is 4.18. The van der Waals surface area contributed by atoms with Gasteiger partial charge in [0.2, 0.25) is 0 Å². The minimum atomic E-state index is -0.539. The van der Waals surface area contributed by atoms with Crippen LogP contribution in [0.4, 0.5) is 4.39 Å². The molecule has 2 aromatic rings. The third-order valence-corrected chi connectivity index (χ3v) is 2.82. The molecule has 0 bridgehead atoms. The molecule has 82 valence electrons. The quantitative estimate of drug-likeness (QED) is 0.794. The lowest BCUT2D eigenvalue weighted by Crippen LogP contribution is -2.04. The van der Waals surface area contributed by atoms with E-state index in [2.05, 4.69) is 21.0 Å². The second-order valence-electron chi connectivity index (χ2n) is 3.33. The highest BCUT2D eigenvalue weighted by atomic mass is 79.9. The zero-order chi connectivity index (χ0) is 11.7. The van der Waals surface area contributed by atoms with Crippen LogP contribution >= 0.6 is 15.9 Å². The lowest BCUT2D eigenvalue weighted by Gasteiger charge is -2.02. The van der Waals surface area contributed by atoms with Crippen molar-refractivity contribution in [1.82, 2.24) is 9.78 Å². The van der Waals surface area contributed by atoms with Gasteiger partial charge in [-0.15, -0.1) is 0 Å². The minimum Gasteiger partial charge on any atom is -0.288 e. The van der Waals surface area contributed by atoms with Gasteiger partial charge in [0.25, 0.3) is 0 Å². The average Bonchev–Trinajstić information content (AvgIpc) is 2.64. The normalized spacial score (nSPS) is 10.4. The Kier molecular flexibility index (Phi) is 2.87. The van der Waals surface area contributed by atoms with E-state index in [0.717, 1.165) is 0 Å². The van der Waals surface area contributed by atoms with Gasteiger partial charge in [-0.2, -0.15) is 5.10 Å². The Hall–Kier alpha value is -1.49. The Labute approximate surface area is 100 Å². The number of carbonyl (C=O) groups excluding carboxylic acids is 1. The molecule has 0 atom stereocenters. The van der Waals surface area contributed by atoms with E-state index in [1.54, 1.807) is 25.4 Å². The van der Waals surface area contributed by atoms with E-state index in [9.17, 15) is 9.18 Å². The number of carbonyl (C=O) groups is 1. The molecule has 0 spiro atoms. The van der Waals surface area contributed by atoms with Gasteiger partial charge in [-0.05, 0) is 28.1 Å². The summed E-state index contributed by atoms with van der Waals surface area (Å²) in [7, 11) is 1.70. The van der Waals surface area contributed by atoms with E-state index in [-0.39, 0.29) is 11.3 Å². The molecule has 1 aromatic heterocycles. The number of benzene rings is 1. The van der Waals surface area contributed by atoms with Gasteiger partial charge in [0, 0.05) is 17.7 Å². The highest BCUT2D eigenvalue weighted by molar-refractivity contribution is 9.10. The summed E-state index contributed by atoms with van der Waals surface area (Å²) in [4.78, 5) is 12.0. The lowest BCUT2D eigenvalue weighted by atomic mass is 10.1. The summed E-state index contributed by atoms with van der Waals surface area (Å²) in [5, 5.41) is 3.88. The van der Waals surface area contributed by atoms with Crippen LogP contribution in [0.25, 0.3) is 0 Å². The fraction of sp³-hybridized carbons (Fsp3) is 0.0909. The number of aryl methyl sites for hydroxylation is 1. The Morgan fingerprint density at radius 1 is 1.50 bits per heavy atom. The van der Waals surface area contributed by atoms with Crippen LogP contribution in [0.2, 0.25) is 0 Å². The fourth-order valence-corrected chi connectivity index (χ4v) is 1.92. The molecule has 0 aliphatic carbocycles. The zero-order valence-electron chi connectivity index (χ0n) is 8.45. The molecule has 0 aliphatic heterocycles. The zero-order valence-corrected chi connectivity index (χ0v) is 10.0. The maximum Gasteiger partial charge on any atom is 0.200 e. The summed E-state index contributed by atoms with van der Waals surface area (Å²) < 4.78 is 15.5. The van der Waals surface area contributed by atoms with Crippen molar-refractivity contribution in [2.75, 3.05) is 0 Å². The van der Waals surface area contributed by atoms with Gasteiger partial charge in [0.05, 0.1) is 17.3 Å². The number of hydrogen-bond donors (Lipinski definition) is 0. The highest BCUT2D eigenvalue weighted by Crippen LogP contribution is 2.22. The van der Waals surface area contributed by atoms with Crippen LogP contribution in [-0.2, 0) is 7.05 Å². The van der Waals surface area contributed by atoms with Crippen LogP contribution in [0.1, 0.15) is 15.9 Å². The van der Waals surface area contributed by atoms with Gasteiger partial charge in [-0.25, -0.2) is 4.39 Å². The molecular weight excluding hydrogens is 275 g/mol. The van der Waals surface area contributed by atoms with Crippen molar-refractivity contribution in [2.24, 2.45) is 7.05 Å². The van der Waals surface area contributed by atoms with Crippen LogP contribution in [0.5, 0.6) is 0 Å². The number of rotatable bonds is 2. The molecule has 0 N–H and O–H groups in total. The number of ketones is 1. The molecule has 1 heterocycles. The molecule has 5 heteroatoms. The van der Waals surface area contributed by atoms with Crippen LogP contribution in [0.15, 0.2) is 35.1 Å². The monoisotopic (exact) mass is 282 g/mol. The molecule has 0 fully saturated rings. The Bertz CT molecular complexity index is 530. The number of nitrogens with zero attached hydrogens (tertiary/aromatic N) is 2. The summed E-state index contributed by atoms with van der Waals surface area (Å²) in [5.74, 6) is -0.915. The standard InChI is InChI=1S/C11H8BrFN2O/c1-15-6-7(5-14-15)11(16)10-8(12)3-2-4-9(10)13/h2-6H,1H3. The van der Waals surface area contributed by atoms with Gasteiger partial charge in [0.15, 0.2) is 5.78 Å². The Balaban J connectivity index is 2.49. The lowest BCUT2D eigenvalue weighted by molar-refractivity contribution is 0.103. The van der Waals surface area contributed by atoms with Crippen molar-refractivity contribution in [1.29, 1.82) is 0 Å². The second kappa shape index (κ2) is 4.17. The van der Waals surface area contributed by atoms with Crippen molar-refractivity contribution in [2.45, 2.75) is 0 Å². The third kappa shape index (κ3) is 1.90. The molecule has 2 rings (SSSR count). The first-order chi connectivity index (χ1) is 7.59. The average molecular weight is 283 g/mol. The molecule has 0 amide bonds. The number of aromatic nitrogens is 2. The van der Waals surface area contributed by atoms with Gasteiger partial charge >= 0.3 is 0 Å². The number of hydrogen-bond acceptors (Lipinski definition) is 2. The fourth-order valence-electron chi connectivity index (χ4n) is 1.40. The molecule has 0 aliphatic rings. The molecule has 0 radical (unpaired) electrons. The first-order valence-electron chi connectivity index (χ1n) is 4.57. The van der Waals surface area contributed by atoms with Crippen LogP contribution in [0, 0.1) is 5.82 Å². The summed E-state index contributed by atoms with van der Waals surface area (Å²) in [5.41, 5.74) is 0.406. The maximum atomic E-state index is 13.5. The molecule has 0 unspecified atom stereocenters. The molecule has 3 nitrogen and oxygen atoms in total. The van der Waals surface area contributed by atoms with Crippen LogP contribution in [0.3, 0.4) is 0 Å². The largest absolute Gasteiger partial charge is 0.288 e. The SMILES string of the molecule is Cn1cc(C(=O)c2c(F)cccc2Br)cn1. The molecule has 0 saturated heterocycles. The summed E-state index contributed by atoms with van der Waals surface area (Å²) in [6, 6.07) is 4.43. The summed E-state index contributed by atoms with van der Waals surface area (Å²) >= 11 is 3.16. The van der Waals surface area contributed by atoms with Crippen molar-refractivity contribution >= 4 is 21.7 Å². The van der Waals surface area contributed by atoms with E-state index >= 15 is 0 Å². The Morgan fingerprint density at radius 2 is 2.25 bits per heavy atom. The maximum absolute atomic E-state index is 13.5. The van der Waals surface area contributed by atoms with E-state index in [1.807, 2.05) is 0 Å². The van der Waals surface area contributed by atoms with Crippen LogP contribution < -0.4 is 0 Å². The topological polar surface area (TPSA) is 34.9 Å². The van der Waals surface area contributed by atoms with Crippen LogP contribution in [-0.4, -0.2) is 15.6 Å². The molecule has 16 heavy (non-hydrogen) atoms. The van der Waals surface area contributed by atoms with E-state index in [0.29, 0.717) is 10.0 Å². The van der Waals surface area contributed by atoms with Gasteiger partial charge in [-0.1, -0.05) is 6.07 Å². The van der Waals surface area contributed by atoms with Crippen molar-refractivity contribution in [3.05, 3.63) is 52.0 Å². The third-order valence-electron chi connectivity index (χ3n) is 2.16. The molecular formula is C11H8BrFN2O. The van der Waals surface area contributed by atoms with Gasteiger partial charge in [-0.3, -0.25) is 9.48 Å². The van der Waals surface area contributed by atoms with Crippen molar-refractivity contribution in [3.63, 3.8) is 0 Å². The minimum absolute atomic E-state index is 0.0375. The molecule has 1 aromatic carbocycles. The predicted molar refractivity (Wildman–Crippen MR) is 60.7 cm³/mol. The van der Waals surface area contributed by atoms with E-state index in [4.69, 9.17) is 0 Å². The van der Waals surface area contributed by atoms with Crippen molar-refractivity contribution < 1.29 is 9.18 Å². The van der Waals surface area contributed by atoms with Crippen molar-refractivity contribution in [3.8, 4) is 0 Å². The van der Waals surface area contributed by atoms with Gasteiger partial charge < -0.3 is 0 Å². The highest BCUT2D eigenvalue weighted by Gasteiger charge is 2.18.